The third kappa shape index (κ3) is 5.30. The van der Waals surface area contributed by atoms with Gasteiger partial charge >= 0.3 is 0 Å². The van der Waals surface area contributed by atoms with Crippen LogP contribution < -0.4 is 0 Å². The van der Waals surface area contributed by atoms with Crippen LogP contribution in [0.4, 0.5) is 0 Å². The van der Waals surface area contributed by atoms with Crippen LogP contribution in [0.3, 0.4) is 0 Å². The van der Waals surface area contributed by atoms with E-state index in [1.54, 1.807) is 0 Å². The van der Waals surface area contributed by atoms with E-state index >= 15 is 0 Å². The van der Waals surface area contributed by atoms with E-state index < -0.39 is 0 Å². The number of benzene rings is 6. The highest BCUT2D eigenvalue weighted by atomic mass is 14.5. The first-order valence-electron chi connectivity index (χ1n) is 18.6. The second-order valence-electron chi connectivity index (χ2n) is 14.7. The fourth-order valence-corrected chi connectivity index (χ4v) is 9.95. The van der Waals surface area contributed by atoms with E-state index in [9.17, 15) is 0 Å². The molecule has 50 heavy (non-hydrogen) atoms. The zero-order valence-corrected chi connectivity index (χ0v) is 28.7. The Labute approximate surface area is 297 Å². The normalized spacial score (nSPS) is 19.2. The summed E-state index contributed by atoms with van der Waals surface area (Å²) < 4.78 is 0. The molecule has 6 aromatic rings. The van der Waals surface area contributed by atoms with Gasteiger partial charge in [-0.1, -0.05) is 201 Å². The van der Waals surface area contributed by atoms with Crippen LogP contribution in [-0.2, 0) is 0 Å². The summed E-state index contributed by atoms with van der Waals surface area (Å²) in [5, 5.41) is 0. The van der Waals surface area contributed by atoms with Crippen LogP contribution in [-0.4, -0.2) is 0 Å². The van der Waals surface area contributed by atoms with Gasteiger partial charge in [-0.05, 0) is 73.9 Å². The third-order valence-electron chi connectivity index (χ3n) is 12.1. The molecule has 1 saturated carbocycles. The molecule has 3 aliphatic carbocycles. The lowest BCUT2D eigenvalue weighted by molar-refractivity contribution is 0.144. The van der Waals surface area contributed by atoms with Gasteiger partial charge in [0.05, 0.1) is 0 Å². The lowest BCUT2D eigenvalue weighted by Gasteiger charge is -2.46. The lowest BCUT2D eigenvalue weighted by atomic mass is 9.57. The van der Waals surface area contributed by atoms with Gasteiger partial charge in [-0.3, -0.25) is 0 Å². The van der Waals surface area contributed by atoms with Crippen LogP contribution in [0.15, 0.2) is 182 Å². The number of hydrogen-bond donors (Lipinski definition) is 0. The Balaban J connectivity index is 1.24. The lowest BCUT2D eigenvalue weighted by Crippen LogP contribution is -2.35. The minimum atomic E-state index is 0.0871. The molecular formula is C50H44. The summed E-state index contributed by atoms with van der Waals surface area (Å²) in [6, 6.07) is 63.5. The molecule has 9 rings (SSSR count). The van der Waals surface area contributed by atoms with E-state index in [4.69, 9.17) is 0 Å². The highest BCUT2D eigenvalue weighted by Gasteiger charge is 2.50. The minimum Gasteiger partial charge on any atom is -0.0716 e. The summed E-state index contributed by atoms with van der Waals surface area (Å²) >= 11 is 0. The summed E-state index contributed by atoms with van der Waals surface area (Å²) in [5.41, 5.74) is 14.4. The Morgan fingerprint density at radius 1 is 0.360 bits per heavy atom. The Morgan fingerprint density at radius 2 is 0.680 bits per heavy atom. The van der Waals surface area contributed by atoms with E-state index in [2.05, 4.69) is 182 Å². The van der Waals surface area contributed by atoms with Gasteiger partial charge in [-0.15, -0.1) is 0 Å². The highest BCUT2D eigenvalue weighted by Crippen LogP contribution is 2.64. The first kappa shape index (κ1) is 30.8. The molecule has 0 amide bonds. The molecule has 2 atom stereocenters. The number of allylic oxidation sites excluding steroid dienone is 4. The molecule has 3 aliphatic rings. The monoisotopic (exact) mass is 644 g/mol. The van der Waals surface area contributed by atoms with Crippen LogP contribution in [0.25, 0.3) is 11.1 Å². The third-order valence-corrected chi connectivity index (χ3v) is 12.1. The molecular weight excluding hydrogens is 601 g/mol. The second-order valence-corrected chi connectivity index (χ2v) is 14.7. The topological polar surface area (TPSA) is 0 Å². The molecule has 0 N–H and O–H groups in total. The maximum absolute atomic E-state index is 2.74. The van der Waals surface area contributed by atoms with E-state index in [-0.39, 0.29) is 17.3 Å². The molecule has 0 aliphatic heterocycles. The Morgan fingerprint density at radius 3 is 1.04 bits per heavy atom. The van der Waals surface area contributed by atoms with Gasteiger partial charge < -0.3 is 0 Å². The van der Waals surface area contributed by atoms with Gasteiger partial charge in [0.2, 0.25) is 0 Å². The number of rotatable bonds is 8. The van der Waals surface area contributed by atoms with E-state index in [1.807, 2.05) is 0 Å². The van der Waals surface area contributed by atoms with Crippen LogP contribution in [0.1, 0.15) is 100 Å². The summed E-state index contributed by atoms with van der Waals surface area (Å²) in [6.07, 6.45) is 11.8. The molecule has 244 valence electrons. The smallest absolute Gasteiger partial charge is 0.0343 e. The van der Waals surface area contributed by atoms with E-state index in [0.29, 0.717) is 11.8 Å². The molecule has 6 aromatic carbocycles. The van der Waals surface area contributed by atoms with Crippen LogP contribution >= 0.6 is 0 Å². The van der Waals surface area contributed by atoms with Gasteiger partial charge in [-0.25, -0.2) is 0 Å². The molecule has 0 radical (unpaired) electrons. The van der Waals surface area contributed by atoms with Crippen LogP contribution in [0, 0.1) is 5.41 Å². The zero-order valence-electron chi connectivity index (χ0n) is 28.7. The average Bonchev–Trinajstić information content (AvgIpc) is 3.77. The summed E-state index contributed by atoms with van der Waals surface area (Å²) in [7, 11) is 0. The van der Waals surface area contributed by atoms with Crippen molar-refractivity contribution in [3.63, 3.8) is 0 Å². The fraction of sp³-hybridized carbons (Fsp3) is 0.200. The van der Waals surface area contributed by atoms with Gasteiger partial charge in [0.25, 0.3) is 0 Å². The van der Waals surface area contributed by atoms with Gasteiger partial charge in [-0.2, -0.15) is 0 Å². The number of hydrogen-bond acceptors (Lipinski definition) is 0. The molecule has 0 saturated heterocycles. The van der Waals surface area contributed by atoms with Crippen molar-refractivity contribution in [1.29, 1.82) is 0 Å². The maximum Gasteiger partial charge on any atom is 0.0343 e. The molecule has 0 aromatic heterocycles. The molecule has 0 bridgehead atoms. The zero-order chi connectivity index (χ0) is 33.3. The Bertz CT molecular complexity index is 1900. The van der Waals surface area contributed by atoms with Crippen molar-refractivity contribution in [2.24, 2.45) is 5.41 Å². The van der Waals surface area contributed by atoms with Crippen molar-refractivity contribution in [2.75, 3.05) is 0 Å². The van der Waals surface area contributed by atoms with Crippen molar-refractivity contribution in [3.8, 4) is 0 Å². The van der Waals surface area contributed by atoms with Gasteiger partial charge in [0, 0.05) is 23.7 Å². The van der Waals surface area contributed by atoms with Crippen molar-refractivity contribution < 1.29 is 0 Å². The van der Waals surface area contributed by atoms with Crippen molar-refractivity contribution in [2.45, 2.75) is 55.8 Å². The summed E-state index contributed by atoms with van der Waals surface area (Å²) in [6.45, 7) is 0. The maximum atomic E-state index is 2.74. The molecule has 0 spiro atoms. The second kappa shape index (κ2) is 13.3. The largest absolute Gasteiger partial charge is 0.0716 e. The molecule has 0 heterocycles. The molecule has 2 unspecified atom stereocenters. The first-order valence-corrected chi connectivity index (χ1v) is 18.6. The molecule has 1 fully saturated rings. The highest BCUT2D eigenvalue weighted by molar-refractivity contribution is 5.84. The molecule has 0 heteroatoms. The van der Waals surface area contributed by atoms with Gasteiger partial charge in [0.1, 0.15) is 0 Å². The quantitative estimate of drug-likeness (QED) is 0.155. The van der Waals surface area contributed by atoms with E-state index in [1.165, 1.54) is 87.8 Å². The van der Waals surface area contributed by atoms with Crippen LogP contribution in [0.5, 0.6) is 0 Å². The SMILES string of the molecule is C1=C(C(c2ccccc2)c2ccccc2)c2ccccc2C1C1(C2C=C(C(c3ccccc3)c3ccccc3)c3ccccc32)CCCCC1. The fourth-order valence-electron chi connectivity index (χ4n) is 9.95. The van der Waals surface area contributed by atoms with Crippen molar-refractivity contribution >= 4 is 11.1 Å². The summed E-state index contributed by atoms with van der Waals surface area (Å²) in [5.74, 6) is 1.05. The minimum absolute atomic E-state index is 0.0871. The van der Waals surface area contributed by atoms with Crippen LogP contribution in [0.2, 0.25) is 0 Å². The summed E-state index contributed by atoms with van der Waals surface area (Å²) in [4.78, 5) is 0. The Hall–Kier alpha value is -5.20. The standard InChI is InChI=1S/C50H44/c1-6-20-36(21-7-1)48(37-22-8-2-9-23-37)44-34-46(42-30-16-14-28-40(42)44)50(32-18-5-19-33-50)47-35-45(41-29-15-17-31-43(41)47)49(38-24-10-3-11-25-38)39-26-12-4-13-27-39/h1-4,6-17,20-31,34-35,46-49H,5,18-19,32-33H2. The number of fused-ring (bicyclic) bond motifs is 2. The van der Waals surface area contributed by atoms with Crippen molar-refractivity contribution in [1.82, 2.24) is 0 Å². The van der Waals surface area contributed by atoms with Crippen molar-refractivity contribution in [3.05, 3.63) is 227 Å². The van der Waals surface area contributed by atoms with E-state index in [0.717, 1.165) is 0 Å². The van der Waals surface area contributed by atoms with Gasteiger partial charge in [0.15, 0.2) is 0 Å². The first-order chi connectivity index (χ1) is 24.8. The Kier molecular flexibility index (Phi) is 8.17. The predicted octanol–water partition coefficient (Wildman–Crippen LogP) is 13.0. The predicted molar refractivity (Wildman–Crippen MR) is 209 cm³/mol. The average molecular weight is 645 g/mol. The molecule has 0 nitrogen and oxygen atoms in total.